The predicted molar refractivity (Wildman–Crippen MR) is 76.7 cm³/mol. The molecule has 130 valence electrons. The van der Waals surface area contributed by atoms with Crippen LogP contribution < -0.4 is 4.74 Å². The average molecular weight is 340 g/mol. The molecule has 1 heterocycles. The van der Waals surface area contributed by atoms with E-state index in [0.29, 0.717) is 0 Å². The highest BCUT2D eigenvalue weighted by Crippen LogP contribution is 2.37. The number of carbonyl (C=O) groups excluding carboxylic acids is 2. The van der Waals surface area contributed by atoms with Gasteiger partial charge in [-0.2, -0.15) is 0 Å². The van der Waals surface area contributed by atoms with Gasteiger partial charge in [0.25, 0.3) is 11.4 Å². The van der Waals surface area contributed by atoms with Crippen molar-refractivity contribution in [3.05, 3.63) is 41.9 Å². The van der Waals surface area contributed by atoms with E-state index in [1.807, 2.05) is 0 Å². The number of hydrogen-bond acceptors (Lipinski definition) is 9. The monoisotopic (exact) mass is 340 g/mol. The first-order valence-corrected chi connectivity index (χ1v) is 6.90. The van der Waals surface area contributed by atoms with Crippen molar-refractivity contribution >= 4 is 11.8 Å². The molecule has 1 aliphatic rings. The zero-order valence-electron chi connectivity index (χ0n) is 12.3. The van der Waals surface area contributed by atoms with Crippen molar-refractivity contribution in [3.8, 4) is 5.75 Å². The highest BCUT2D eigenvalue weighted by Gasteiger charge is 2.61. The van der Waals surface area contributed by atoms with Gasteiger partial charge in [-0.05, 0) is 12.1 Å². The van der Waals surface area contributed by atoms with Crippen molar-refractivity contribution in [2.45, 2.75) is 17.8 Å². The van der Waals surface area contributed by atoms with Gasteiger partial charge in [-0.3, -0.25) is 4.79 Å². The fraction of sp³-hybridized carbons (Fsp3) is 0.333. The Balaban J connectivity index is 2.49. The Kier molecular flexibility index (Phi) is 5.20. The number of Topliss-reactive ketones (excluding diaryl/α,β-unsaturated/α-hetero) is 1. The Labute approximate surface area is 136 Å². The summed E-state index contributed by atoms with van der Waals surface area (Å²) in [5.41, 5.74) is -2.77. The average Bonchev–Trinajstić information content (AvgIpc) is 2.86. The number of cyclic esters (lactones) is 1. The maximum absolute atomic E-state index is 12.2. The quantitative estimate of drug-likeness (QED) is 0.369. The van der Waals surface area contributed by atoms with Crippen molar-refractivity contribution in [2.75, 3.05) is 13.2 Å². The number of esters is 1. The van der Waals surface area contributed by atoms with Gasteiger partial charge < -0.3 is 35.0 Å². The molecule has 0 saturated carbocycles. The standard InChI is InChI=1S/C15H16O9/c16-6-9(18)12(20)15(10(19)7-17)13(21)11(14(22)24-15)23-8-4-2-1-3-5-8/h1-5,9-10,16-19,21H,6-7H2/t9?,10-,15-/m0/s1. The molecule has 0 aliphatic carbocycles. The van der Waals surface area contributed by atoms with Crippen LogP contribution in [-0.4, -0.2) is 68.3 Å². The lowest BCUT2D eigenvalue weighted by molar-refractivity contribution is -0.178. The van der Waals surface area contributed by atoms with Crippen molar-refractivity contribution < 1.29 is 44.6 Å². The Hall–Kier alpha value is -2.46. The van der Waals surface area contributed by atoms with Crippen molar-refractivity contribution in [2.24, 2.45) is 0 Å². The molecule has 0 amide bonds. The van der Waals surface area contributed by atoms with Gasteiger partial charge in [-0.15, -0.1) is 0 Å². The summed E-state index contributed by atoms with van der Waals surface area (Å²) in [4.78, 5) is 24.2. The normalized spacial score (nSPS) is 22.9. The van der Waals surface area contributed by atoms with E-state index in [-0.39, 0.29) is 5.75 Å². The lowest BCUT2D eigenvalue weighted by atomic mass is 9.87. The highest BCUT2D eigenvalue weighted by molar-refractivity contribution is 6.03. The molecule has 1 aliphatic heterocycles. The lowest BCUT2D eigenvalue weighted by Crippen LogP contribution is -2.57. The fourth-order valence-corrected chi connectivity index (χ4v) is 2.22. The van der Waals surface area contributed by atoms with E-state index < -0.39 is 54.3 Å². The van der Waals surface area contributed by atoms with Crippen LogP contribution in [0.5, 0.6) is 5.75 Å². The molecule has 0 spiro atoms. The molecule has 0 bridgehead atoms. The second kappa shape index (κ2) is 6.97. The van der Waals surface area contributed by atoms with E-state index in [9.17, 15) is 24.9 Å². The van der Waals surface area contributed by atoms with Gasteiger partial charge in [-0.1, -0.05) is 18.2 Å². The first-order valence-electron chi connectivity index (χ1n) is 6.90. The molecule has 1 aromatic carbocycles. The van der Waals surface area contributed by atoms with Gasteiger partial charge in [0.1, 0.15) is 18.0 Å². The van der Waals surface area contributed by atoms with Gasteiger partial charge in [-0.25, -0.2) is 4.79 Å². The first kappa shape index (κ1) is 17.9. The van der Waals surface area contributed by atoms with Crippen LogP contribution >= 0.6 is 0 Å². The van der Waals surface area contributed by atoms with Crippen LogP contribution in [0.15, 0.2) is 41.9 Å². The van der Waals surface area contributed by atoms with E-state index in [1.54, 1.807) is 18.2 Å². The summed E-state index contributed by atoms with van der Waals surface area (Å²) in [6.45, 7) is -2.11. The number of para-hydroxylation sites is 1. The van der Waals surface area contributed by atoms with Crippen LogP contribution in [0.1, 0.15) is 0 Å². The third-order valence-corrected chi connectivity index (χ3v) is 3.45. The second-order valence-electron chi connectivity index (χ2n) is 4.98. The summed E-state index contributed by atoms with van der Waals surface area (Å²) in [6.07, 6.45) is -4.13. The van der Waals surface area contributed by atoms with Crippen LogP contribution in [0.3, 0.4) is 0 Å². The molecule has 0 fully saturated rings. The Bertz CT molecular complexity index is 654. The predicted octanol–water partition coefficient (Wildman–Crippen LogP) is -1.59. The minimum atomic E-state index is -2.77. The van der Waals surface area contributed by atoms with Crippen LogP contribution in [-0.2, 0) is 14.3 Å². The van der Waals surface area contributed by atoms with E-state index in [1.165, 1.54) is 12.1 Å². The number of hydrogen-bond donors (Lipinski definition) is 5. The highest BCUT2D eigenvalue weighted by atomic mass is 16.6. The maximum atomic E-state index is 12.2. The molecule has 0 radical (unpaired) electrons. The number of benzene rings is 1. The summed E-state index contributed by atoms with van der Waals surface area (Å²) < 4.78 is 9.94. The Morgan fingerprint density at radius 2 is 1.79 bits per heavy atom. The van der Waals surface area contributed by atoms with Crippen LogP contribution in [0.25, 0.3) is 0 Å². The number of rotatable bonds is 7. The lowest BCUT2D eigenvalue weighted by Gasteiger charge is -2.31. The van der Waals surface area contributed by atoms with Gasteiger partial charge in [0.05, 0.1) is 13.2 Å². The largest absolute Gasteiger partial charge is 0.504 e. The van der Waals surface area contributed by atoms with Gasteiger partial charge in [0.15, 0.2) is 5.76 Å². The molecule has 1 unspecified atom stereocenters. The van der Waals surface area contributed by atoms with E-state index in [0.717, 1.165) is 0 Å². The van der Waals surface area contributed by atoms with Crippen LogP contribution in [0.2, 0.25) is 0 Å². The number of ether oxygens (including phenoxy) is 2. The minimum absolute atomic E-state index is 0.139. The van der Waals surface area contributed by atoms with Crippen molar-refractivity contribution in [1.29, 1.82) is 0 Å². The minimum Gasteiger partial charge on any atom is -0.504 e. The summed E-state index contributed by atoms with van der Waals surface area (Å²) >= 11 is 0. The molecule has 24 heavy (non-hydrogen) atoms. The number of aliphatic hydroxyl groups excluding tert-OH is 5. The first-order chi connectivity index (χ1) is 11.4. The Morgan fingerprint density at radius 3 is 2.33 bits per heavy atom. The van der Waals surface area contributed by atoms with Gasteiger partial charge in [0.2, 0.25) is 5.78 Å². The molecular formula is C15H16O9. The van der Waals surface area contributed by atoms with E-state index in [2.05, 4.69) is 0 Å². The smallest absolute Gasteiger partial charge is 0.379 e. The molecule has 2 rings (SSSR count). The third kappa shape index (κ3) is 2.85. The van der Waals surface area contributed by atoms with Crippen LogP contribution in [0.4, 0.5) is 0 Å². The molecule has 5 N–H and O–H groups in total. The van der Waals surface area contributed by atoms with Crippen LogP contribution in [0, 0.1) is 0 Å². The summed E-state index contributed by atoms with van der Waals surface area (Å²) in [5.74, 6) is -4.41. The molecular weight excluding hydrogens is 324 g/mol. The molecule has 3 atom stereocenters. The zero-order valence-corrected chi connectivity index (χ0v) is 12.3. The number of carbonyl (C=O) groups is 2. The molecule has 9 nitrogen and oxygen atoms in total. The zero-order chi connectivity index (χ0) is 17.9. The maximum Gasteiger partial charge on any atom is 0.379 e. The SMILES string of the molecule is O=C1O[C@](C(=O)C(O)CO)([C@@H](O)CO)C(O)=C1Oc1ccccc1. The van der Waals surface area contributed by atoms with E-state index in [4.69, 9.17) is 19.7 Å². The van der Waals surface area contributed by atoms with E-state index >= 15 is 0 Å². The number of ketones is 1. The third-order valence-electron chi connectivity index (χ3n) is 3.45. The molecule has 0 saturated heterocycles. The molecule has 9 heteroatoms. The fourth-order valence-electron chi connectivity index (χ4n) is 2.22. The summed E-state index contributed by atoms with van der Waals surface area (Å²) in [7, 11) is 0. The van der Waals surface area contributed by atoms with Crippen molar-refractivity contribution in [3.63, 3.8) is 0 Å². The number of aliphatic hydroxyl groups is 5. The Morgan fingerprint density at radius 1 is 1.17 bits per heavy atom. The topological polar surface area (TPSA) is 154 Å². The molecule has 1 aromatic rings. The van der Waals surface area contributed by atoms with Gasteiger partial charge >= 0.3 is 5.97 Å². The summed E-state index contributed by atoms with van der Waals surface area (Å²) in [6, 6.07) is 7.77. The van der Waals surface area contributed by atoms with Crippen molar-refractivity contribution in [1.82, 2.24) is 0 Å². The summed E-state index contributed by atoms with van der Waals surface area (Å²) in [5, 5.41) is 47.7. The second-order valence-corrected chi connectivity index (χ2v) is 4.98. The molecule has 0 aromatic heterocycles. The van der Waals surface area contributed by atoms with Gasteiger partial charge in [0, 0.05) is 0 Å².